The summed E-state index contributed by atoms with van der Waals surface area (Å²) in [6, 6.07) is 14.4. The van der Waals surface area contributed by atoms with Gasteiger partial charge in [-0.2, -0.15) is 4.57 Å². The van der Waals surface area contributed by atoms with Gasteiger partial charge in [0.05, 0.1) is 28.4 Å². The van der Waals surface area contributed by atoms with Crippen molar-refractivity contribution in [2.75, 3.05) is 23.7 Å². The van der Waals surface area contributed by atoms with Crippen LogP contribution in [0.4, 0.5) is 5.69 Å². The third kappa shape index (κ3) is 8.09. The summed E-state index contributed by atoms with van der Waals surface area (Å²) in [5, 5.41) is 11.4. The number of pyridine rings is 1. The summed E-state index contributed by atoms with van der Waals surface area (Å²) in [4.78, 5) is 14.4. The predicted octanol–water partition coefficient (Wildman–Crippen LogP) is 5.96. The molecule has 0 unspecified atom stereocenters. The van der Waals surface area contributed by atoms with E-state index in [2.05, 4.69) is 58.7 Å². The van der Waals surface area contributed by atoms with Gasteiger partial charge in [0.15, 0.2) is 12.7 Å². The fourth-order valence-corrected chi connectivity index (χ4v) is 7.03. The maximum Gasteiger partial charge on any atom is 0.323 e. The maximum atomic E-state index is 12.2. The predicted molar refractivity (Wildman–Crippen MR) is 168 cm³/mol. The molecular formula is C32H38N3O4S2+. The van der Waals surface area contributed by atoms with Gasteiger partial charge in [-0.3, -0.25) is 4.79 Å². The molecule has 1 aliphatic rings. The quantitative estimate of drug-likeness (QED) is 0.199. The number of allylic oxidation sites excluding steroid dienone is 4. The van der Waals surface area contributed by atoms with E-state index in [9.17, 15) is 18.3 Å². The van der Waals surface area contributed by atoms with E-state index in [1.54, 1.807) is 11.8 Å². The molecule has 3 aromatic rings. The molecule has 0 fully saturated rings. The second-order valence-corrected chi connectivity index (χ2v) is 13.3. The van der Waals surface area contributed by atoms with Crippen molar-refractivity contribution in [3.8, 4) is 0 Å². The molecule has 41 heavy (non-hydrogen) atoms. The van der Waals surface area contributed by atoms with Crippen LogP contribution >= 0.6 is 11.8 Å². The van der Waals surface area contributed by atoms with Crippen LogP contribution in [0.15, 0.2) is 82.4 Å². The molecule has 1 aliphatic heterocycles. The van der Waals surface area contributed by atoms with Crippen molar-refractivity contribution in [3.05, 3.63) is 94.2 Å². The smallest absolute Gasteiger partial charge is 0.323 e. The number of carboxylic acid groups (broad SMARTS) is 1. The molecule has 0 amide bonds. The Balaban J connectivity index is 1.53. The fraction of sp³-hybridized carbons (Fsp3) is 0.312. The lowest BCUT2D eigenvalue weighted by molar-refractivity contribution is -0.669. The molecule has 2 N–H and O–H groups in total. The Hall–Kier alpha value is -3.40. The van der Waals surface area contributed by atoms with E-state index in [1.807, 2.05) is 56.2 Å². The van der Waals surface area contributed by atoms with Gasteiger partial charge in [-0.25, -0.2) is 13.1 Å². The minimum atomic E-state index is -3.26. The Bertz CT molecular complexity index is 1640. The fourth-order valence-electron chi connectivity index (χ4n) is 4.65. The molecule has 0 saturated carbocycles. The van der Waals surface area contributed by atoms with E-state index in [4.69, 9.17) is 0 Å². The number of fused-ring (bicyclic) bond motifs is 2. The molecule has 4 rings (SSSR count). The molecule has 2 heterocycles. The van der Waals surface area contributed by atoms with Crippen LogP contribution in [-0.4, -0.2) is 38.3 Å². The first-order chi connectivity index (χ1) is 19.6. The number of nitrogens with one attached hydrogen (secondary N) is 1. The highest BCUT2D eigenvalue weighted by Crippen LogP contribution is 2.46. The number of nitrogens with zero attached hydrogens (tertiary/aromatic N) is 2. The molecule has 0 atom stereocenters. The summed E-state index contributed by atoms with van der Waals surface area (Å²) in [7, 11) is -3.26. The van der Waals surface area contributed by atoms with Crippen LogP contribution in [0, 0.1) is 13.8 Å². The zero-order valence-electron chi connectivity index (χ0n) is 24.1. The van der Waals surface area contributed by atoms with Gasteiger partial charge in [-0.1, -0.05) is 66.6 Å². The van der Waals surface area contributed by atoms with Gasteiger partial charge in [0.2, 0.25) is 15.5 Å². The number of thioether (sulfide) groups is 1. The molecule has 7 nitrogen and oxygen atoms in total. The Morgan fingerprint density at radius 1 is 1.12 bits per heavy atom. The molecule has 0 saturated heterocycles. The average molecular weight is 593 g/mol. The number of hydrogen-bond donors (Lipinski definition) is 2. The van der Waals surface area contributed by atoms with Crippen LogP contribution in [0.3, 0.4) is 0 Å². The van der Waals surface area contributed by atoms with Gasteiger partial charge in [0.25, 0.3) is 0 Å². The van der Waals surface area contributed by atoms with Crippen molar-refractivity contribution in [1.82, 2.24) is 4.72 Å². The summed E-state index contributed by atoms with van der Waals surface area (Å²) in [5.74, 6) is -0.715. The summed E-state index contributed by atoms with van der Waals surface area (Å²) >= 11 is 1.58. The lowest BCUT2D eigenvalue weighted by atomic mass is 10.0. The highest BCUT2D eigenvalue weighted by molar-refractivity contribution is 8.03. The van der Waals surface area contributed by atoms with E-state index < -0.39 is 16.0 Å². The molecule has 0 radical (unpaired) electrons. The van der Waals surface area contributed by atoms with E-state index in [-0.39, 0.29) is 12.3 Å². The van der Waals surface area contributed by atoms with Crippen molar-refractivity contribution < 1.29 is 22.9 Å². The Kier molecular flexibility index (Phi) is 10.1. The first-order valence-corrected chi connectivity index (χ1v) is 16.3. The highest BCUT2D eigenvalue weighted by Gasteiger charge is 2.26. The highest BCUT2D eigenvalue weighted by atomic mass is 32.2. The summed E-state index contributed by atoms with van der Waals surface area (Å²) in [6.45, 7) is 8.88. The number of unbranched alkanes of at least 4 members (excludes halogenated alkanes) is 1. The summed E-state index contributed by atoms with van der Waals surface area (Å²) in [6.07, 6.45) is 11.6. The summed E-state index contributed by atoms with van der Waals surface area (Å²) in [5.41, 5.74) is 6.34. The SMILES string of the molecule is CCCCS(=O)(=O)NCC[n+]1ccc(/C=C/C(C)=C/C=C2\Sc3cc(C)ccc3N2CC(=O)O)c2cc(C)ccc21. The molecule has 0 spiro atoms. The van der Waals surface area contributed by atoms with Gasteiger partial charge >= 0.3 is 5.97 Å². The normalized spacial score (nSPS) is 14.9. The number of carbonyl (C=O) groups is 1. The van der Waals surface area contributed by atoms with Crippen molar-refractivity contribution in [2.24, 2.45) is 0 Å². The number of aromatic nitrogens is 1. The van der Waals surface area contributed by atoms with E-state index in [1.165, 1.54) is 0 Å². The second kappa shape index (κ2) is 13.5. The van der Waals surface area contributed by atoms with E-state index >= 15 is 0 Å². The molecule has 1 aromatic heterocycles. The number of hydrogen-bond acceptors (Lipinski definition) is 5. The van der Waals surface area contributed by atoms with Crippen LogP contribution in [-0.2, 0) is 21.4 Å². The average Bonchev–Trinajstić information content (AvgIpc) is 3.25. The topological polar surface area (TPSA) is 90.6 Å². The Morgan fingerprint density at radius 2 is 1.88 bits per heavy atom. The van der Waals surface area contributed by atoms with Crippen LogP contribution in [0.1, 0.15) is 43.4 Å². The third-order valence-corrected chi connectivity index (χ3v) is 9.43. The van der Waals surface area contributed by atoms with Gasteiger partial charge in [0, 0.05) is 17.0 Å². The molecule has 0 aliphatic carbocycles. The summed E-state index contributed by atoms with van der Waals surface area (Å²) < 4.78 is 29.2. The first-order valence-electron chi connectivity index (χ1n) is 13.8. The number of anilines is 1. The van der Waals surface area contributed by atoms with Crippen molar-refractivity contribution >= 4 is 50.4 Å². The van der Waals surface area contributed by atoms with Crippen LogP contribution in [0.5, 0.6) is 0 Å². The van der Waals surface area contributed by atoms with Crippen molar-refractivity contribution in [2.45, 2.75) is 52.0 Å². The molecule has 9 heteroatoms. The number of aryl methyl sites for hydroxylation is 2. The van der Waals surface area contributed by atoms with Crippen molar-refractivity contribution in [3.63, 3.8) is 0 Å². The van der Waals surface area contributed by atoms with Gasteiger partial charge in [-0.05, 0) is 62.6 Å². The number of aliphatic carboxylic acids is 1. The van der Waals surface area contributed by atoms with Crippen LogP contribution in [0.25, 0.3) is 17.0 Å². The lowest BCUT2D eigenvalue weighted by Crippen LogP contribution is -2.41. The lowest BCUT2D eigenvalue weighted by Gasteiger charge is -2.17. The number of carboxylic acids is 1. The number of benzene rings is 2. The van der Waals surface area contributed by atoms with E-state index in [0.717, 1.165) is 55.2 Å². The van der Waals surface area contributed by atoms with Gasteiger partial charge in [0.1, 0.15) is 6.54 Å². The Labute approximate surface area is 247 Å². The molecule has 2 aromatic carbocycles. The third-order valence-electron chi connectivity index (χ3n) is 6.84. The zero-order valence-corrected chi connectivity index (χ0v) is 25.7. The standard InChI is InChI=1S/C32H37N3O4S2/c1-5-6-19-41(38,39)33-16-18-34-17-15-26(27-20-24(3)8-12-28(27)34)11-7-23(2)10-14-31-35(22-32(36)37)29-13-9-25(4)21-30(29)40-31/h7-15,17,20-21,33H,5-6,16,18-19,22H2,1-4H3/p+1. The van der Waals surface area contributed by atoms with Crippen LogP contribution in [0.2, 0.25) is 0 Å². The van der Waals surface area contributed by atoms with E-state index in [0.29, 0.717) is 19.5 Å². The van der Waals surface area contributed by atoms with Crippen LogP contribution < -0.4 is 14.2 Å². The largest absolute Gasteiger partial charge is 0.480 e. The molecule has 0 bridgehead atoms. The van der Waals surface area contributed by atoms with Crippen molar-refractivity contribution in [1.29, 1.82) is 0 Å². The maximum absolute atomic E-state index is 12.2. The molecular weight excluding hydrogens is 555 g/mol. The number of sulfonamides is 1. The Morgan fingerprint density at radius 3 is 2.63 bits per heavy atom. The van der Waals surface area contributed by atoms with Gasteiger partial charge in [-0.15, -0.1) is 0 Å². The monoisotopic (exact) mass is 592 g/mol. The second-order valence-electron chi connectivity index (χ2n) is 10.4. The minimum absolute atomic E-state index is 0.0901. The first kappa shape index (κ1) is 30.6. The minimum Gasteiger partial charge on any atom is -0.480 e. The molecule has 216 valence electrons. The number of rotatable bonds is 12. The zero-order chi connectivity index (χ0) is 29.6. The van der Waals surface area contributed by atoms with Gasteiger partial charge < -0.3 is 10.0 Å².